The van der Waals surface area contributed by atoms with Gasteiger partial charge in [-0.1, -0.05) is 35.3 Å². The lowest BCUT2D eigenvalue weighted by Gasteiger charge is -2.06. The zero-order chi connectivity index (χ0) is 15.1. The maximum atomic E-state index is 14.3. The monoisotopic (exact) mass is 341 g/mol. The molecule has 0 amide bonds. The van der Waals surface area contributed by atoms with Crippen molar-refractivity contribution in [3.63, 3.8) is 0 Å². The van der Waals surface area contributed by atoms with Crippen LogP contribution in [0.15, 0.2) is 29.6 Å². The van der Waals surface area contributed by atoms with E-state index in [1.807, 2.05) is 5.38 Å². The highest BCUT2D eigenvalue weighted by Crippen LogP contribution is 2.42. The fraction of sp³-hybridized carbons (Fsp3) is 0.0714. The van der Waals surface area contributed by atoms with Gasteiger partial charge in [0, 0.05) is 12.6 Å². The smallest absolute Gasteiger partial charge is 0.149 e. The summed E-state index contributed by atoms with van der Waals surface area (Å²) in [6, 6.07) is 6.56. The van der Waals surface area contributed by atoms with Gasteiger partial charge in [-0.15, -0.1) is 11.3 Å². The minimum Gasteiger partial charge on any atom is -0.383 e. The number of aromatic nitrogens is 2. The summed E-state index contributed by atoms with van der Waals surface area (Å²) in [6.07, 6.45) is 0. The predicted molar refractivity (Wildman–Crippen MR) is 86.3 cm³/mol. The molecule has 0 unspecified atom stereocenters. The largest absolute Gasteiger partial charge is 0.383 e. The highest BCUT2D eigenvalue weighted by Gasteiger charge is 2.23. The van der Waals surface area contributed by atoms with E-state index in [2.05, 4.69) is 5.10 Å². The summed E-state index contributed by atoms with van der Waals surface area (Å²) in [5, 5.41) is 6.81. The fourth-order valence-corrected chi connectivity index (χ4v) is 3.43. The third-order valence-corrected chi connectivity index (χ3v) is 4.78. The molecular weight excluding hydrogens is 332 g/mol. The van der Waals surface area contributed by atoms with Crippen molar-refractivity contribution < 1.29 is 4.39 Å². The molecule has 108 valence electrons. The number of rotatable bonds is 2. The van der Waals surface area contributed by atoms with Crippen molar-refractivity contribution in [1.29, 1.82) is 0 Å². The van der Waals surface area contributed by atoms with Crippen molar-refractivity contribution in [2.75, 3.05) is 5.73 Å². The van der Waals surface area contributed by atoms with Gasteiger partial charge in [-0.2, -0.15) is 5.10 Å². The Kier molecular flexibility index (Phi) is 3.65. The Bertz CT molecular complexity index is 826. The van der Waals surface area contributed by atoms with Crippen molar-refractivity contribution in [2.45, 2.75) is 0 Å². The molecule has 0 radical (unpaired) electrons. The standard InChI is InChI=1S/C14H10Cl2FN3S/c1-20-14(18)10(7-3-2-4-8(15)11(7)17)12(19-20)13-9(16)5-6-21-13/h2-6H,18H2,1H3. The molecule has 2 heterocycles. The SMILES string of the molecule is Cn1nc(-c2sccc2Cl)c(-c2cccc(Cl)c2F)c1N. The normalized spacial score (nSPS) is 11.0. The van der Waals surface area contributed by atoms with Crippen molar-refractivity contribution in [3.8, 4) is 21.7 Å². The van der Waals surface area contributed by atoms with Crippen LogP contribution in [0.5, 0.6) is 0 Å². The molecule has 0 fully saturated rings. The quantitative estimate of drug-likeness (QED) is 0.724. The Morgan fingerprint density at radius 3 is 2.67 bits per heavy atom. The van der Waals surface area contributed by atoms with Crippen LogP contribution in [0.4, 0.5) is 10.2 Å². The summed E-state index contributed by atoms with van der Waals surface area (Å²) in [7, 11) is 1.70. The van der Waals surface area contributed by atoms with Gasteiger partial charge in [-0.25, -0.2) is 4.39 Å². The number of nitrogens with zero attached hydrogens (tertiary/aromatic N) is 2. The molecule has 0 saturated carbocycles. The summed E-state index contributed by atoms with van der Waals surface area (Å²) in [4.78, 5) is 0.748. The number of halogens is 3. The molecule has 0 spiro atoms. The van der Waals surface area contributed by atoms with Crippen LogP contribution in [0.1, 0.15) is 0 Å². The molecule has 3 rings (SSSR count). The topological polar surface area (TPSA) is 43.8 Å². The number of nitrogen functional groups attached to an aromatic ring is 1. The number of thiophene rings is 1. The Morgan fingerprint density at radius 2 is 2.00 bits per heavy atom. The van der Waals surface area contributed by atoms with E-state index in [-0.39, 0.29) is 5.02 Å². The Labute approximate surface area is 134 Å². The average molecular weight is 342 g/mol. The summed E-state index contributed by atoms with van der Waals surface area (Å²) in [5.74, 6) is -0.163. The molecule has 3 aromatic rings. The summed E-state index contributed by atoms with van der Waals surface area (Å²) >= 11 is 13.5. The van der Waals surface area contributed by atoms with Gasteiger partial charge < -0.3 is 5.73 Å². The molecule has 2 aromatic heterocycles. The molecule has 0 aliphatic heterocycles. The third kappa shape index (κ3) is 2.31. The highest BCUT2D eigenvalue weighted by atomic mass is 35.5. The lowest BCUT2D eigenvalue weighted by molar-refractivity contribution is 0.632. The third-order valence-electron chi connectivity index (χ3n) is 3.14. The van der Waals surface area contributed by atoms with Gasteiger partial charge in [0.05, 0.1) is 20.5 Å². The molecule has 0 atom stereocenters. The summed E-state index contributed by atoms with van der Waals surface area (Å²) in [5.41, 5.74) is 7.43. The summed E-state index contributed by atoms with van der Waals surface area (Å²) < 4.78 is 15.8. The second-order valence-corrected chi connectivity index (χ2v) is 6.16. The first kappa shape index (κ1) is 14.4. The molecule has 3 nitrogen and oxygen atoms in total. The molecule has 1 aromatic carbocycles. The van der Waals surface area contributed by atoms with E-state index in [4.69, 9.17) is 28.9 Å². The average Bonchev–Trinajstić information content (AvgIpc) is 2.99. The van der Waals surface area contributed by atoms with Gasteiger partial charge in [0.15, 0.2) is 0 Å². The highest BCUT2D eigenvalue weighted by molar-refractivity contribution is 7.14. The molecular formula is C14H10Cl2FN3S. The fourth-order valence-electron chi connectivity index (χ4n) is 2.12. The first-order valence-corrected chi connectivity index (χ1v) is 7.64. The Morgan fingerprint density at radius 1 is 1.24 bits per heavy atom. The zero-order valence-corrected chi connectivity index (χ0v) is 13.2. The first-order valence-electron chi connectivity index (χ1n) is 6.01. The van der Waals surface area contributed by atoms with E-state index in [0.29, 0.717) is 27.7 Å². The Hall–Kier alpha value is -1.56. The van der Waals surface area contributed by atoms with Gasteiger partial charge in [0.1, 0.15) is 17.3 Å². The molecule has 0 aliphatic rings. The molecule has 0 bridgehead atoms. The Balaban J connectivity index is 2.33. The van der Waals surface area contributed by atoms with Gasteiger partial charge in [-0.05, 0) is 17.5 Å². The number of anilines is 1. The molecule has 0 aliphatic carbocycles. The van der Waals surface area contributed by atoms with Crippen molar-refractivity contribution in [2.24, 2.45) is 7.05 Å². The van der Waals surface area contributed by atoms with Gasteiger partial charge in [-0.3, -0.25) is 4.68 Å². The van der Waals surface area contributed by atoms with E-state index in [9.17, 15) is 4.39 Å². The van der Waals surface area contributed by atoms with Crippen molar-refractivity contribution >= 4 is 40.4 Å². The van der Waals surface area contributed by atoms with Crippen LogP contribution < -0.4 is 5.73 Å². The number of hydrogen-bond acceptors (Lipinski definition) is 3. The summed E-state index contributed by atoms with van der Waals surface area (Å²) in [6.45, 7) is 0. The lowest BCUT2D eigenvalue weighted by Crippen LogP contribution is -1.98. The minimum atomic E-state index is -0.521. The van der Waals surface area contributed by atoms with E-state index < -0.39 is 5.82 Å². The lowest BCUT2D eigenvalue weighted by atomic mass is 10.0. The van der Waals surface area contributed by atoms with E-state index in [0.717, 1.165) is 4.88 Å². The first-order chi connectivity index (χ1) is 10.0. The van der Waals surface area contributed by atoms with Crippen molar-refractivity contribution in [1.82, 2.24) is 9.78 Å². The molecule has 7 heteroatoms. The van der Waals surface area contributed by atoms with Crippen molar-refractivity contribution in [3.05, 3.63) is 45.5 Å². The van der Waals surface area contributed by atoms with Gasteiger partial charge in [0.2, 0.25) is 0 Å². The number of nitrogens with two attached hydrogens (primary N) is 1. The minimum absolute atomic E-state index is 0.0407. The van der Waals surface area contributed by atoms with E-state index >= 15 is 0 Å². The van der Waals surface area contributed by atoms with Gasteiger partial charge >= 0.3 is 0 Å². The van der Waals surface area contributed by atoms with Crippen LogP contribution in [0.25, 0.3) is 21.7 Å². The maximum Gasteiger partial charge on any atom is 0.149 e. The van der Waals surface area contributed by atoms with Crippen LogP contribution in [-0.2, 0) is 7.05 Å². The molecule has 2 N–H and O–H groups in total. The second-order valence-electron chi connectivity index (χ2n) is 4.43. The number of hydrogen-bond donors (Lipinski definition) is 1. The molecule has 0 saturated heterocycles. The predicted octanol–water partition coefficient (Wildman–Crippen LogP) is 4.84. The number of benzene rings is 1. The molecule has 21 heavy (non-hydrogen) atoms. The van der Waals surface area contributed by atoms with Gasteiger partial charge in [0.25, 0.3) is 0 Å². The maximum absolute atomic E-state index is 14.3. The van der Waals surface area contributed by atoms with Crippen LogP contribution in [0, 0.1) is 5.82 Å². The van der Waals surface area contributed by atoms with Crippen LogP contribution >= 0.6 is 34.5 Å². The second kappa shape index (κ2) is 5.33. The van der Waals surface area contributed by atoms with Crippen LogP contribution in [-0.4, -0.2) is 9.78 Å². The van der Waals surface area contributed by atoms with E-state index in [1.54, 1.807) is 25.2 Å². The van der Waals surface area contributed by atoms with E-state index in [1.165, 1.54) is 22.1 Å². The van der Waals surface area contributed by atoms with Crippen LogP contribution in [0.3, 0.4) is 0 Å². The zero-order valence-electron chi connectivity index (χ0n) is 10.9. The number of aryl methyl sites for hydroxylation is 1. The van der Waals surface area contributed by atoms with Crippen LogP contribution in [0.2, 0.25) is 10.0 Å².